The molecule has 1 atom stereocenters. The predicted molar refractivity (Wildman–Crippen MR) is 44.3 cm³/mol. The van der Waals surface area contributed by atoms with Crippen molar-refractivity contribution in [2.45, 2.75) is 20.8 Å². The van der Waals surface area contributed by atoms with Crippen molar-refractivity contribution < 1.29 is 9.53 Å². The number of carbonyl (C=O) groups excluding carboxylic acids is 1. The van der Waals surface area contributed by atoms with Crippen LogP contribution in [0.1, 0.15) is 20.8 Å². The standard InChI is InChI=1S/C7H13BrO2/c1-5(2)6(3)4-10-7(8)9/h5-6H,4H2,1-3H3. The van der Waals surface area contributed by atoms with Gasteiger partial charge in [0.15, 0.2) is 0 Å². The summed E-state index contributed by atoms with van der Waals surface area (Å²) < 4.78 is 4.74. The molecule has 0 aromatic heterocycles. The van der Waals surface area contributed by atoms with Crippen LogP contribution in [0.4, 0.5) is 4.79 Å². The van der Waals surface area contributed by atoms with E-state index in [1.54, 1.807) is 0 Å². The van der Waals surface area contributed by atoms with Crippen LogP contribution in [0.3, 0.4) is 0 Å². The summed E-state index contributed by atoms with van der Waals surface area (Å²) in [5, 5.41) is 0. The molecule has 0 aliphatic rings. The molecule has 0 amide bonds. The van der Waals surface area contributed by atoms with Crippen LogP contribution in [0.5, 0.6) is 0 Å². The van der Waals surface area contributed by atoms with Crippen LogP contribution in [-0.2, 0) is 4.74 Å². The van der Waals surface area contributed by atoms with Crippen LogP contribution in [-0.4, -0.2) is 11.5 Å². The Bertz CT molecular complexity index is 112. The van der Waals surface area contributed by atoms with Crippen LogP contribution < -0.4 is 0 Å². The maximum atomic E-state index is 10.3. The zero-order chi connectivity index (χ0) is 8.15. The van der Waals surface area contributed by atoms with Crippen LogP contribution in [0, 0.1) is 11.8 Å². The van der Waals surface area contributed by atoms with Gasteiger partial charge in [-0.05, 0) is 11.8 Å². The minimum absolute atomic E-state index is 0.375. The Morgan fingerprint density at radius 3 is 2.30 bits per heavy atom. The van der Waals surface area contributed by atoms with Crippen LogP contribution in [0.15, 0.2) is 0 Å². The van der Waals surface area contributed by atoms with E-state index in [9.17, 15) is 4.79 Å². The highest BCUT2D eigenvalue weighted by atomic mass is 79.9. The fraction of sp³-hybridized carbons (Fsp3) is 0.857. The molecule has 0 aliphatic carbocycles. The van der Waals surface area contributed by atoms with Gasteiger partial charge in [0.05, 0.1) is 6.61 Å². The first kappa shape index (κ1) is 9.95. The Morgan fingerprint density at radius 1 is 1.50 bits per heavy atom. The number of hydrogen-bond donors (Lipinski definition) is 0. The summed E-state index contributed by atoms with van der Waals surface area (Å²) in [7, 11) is 0. The summed E-state index contributed by atoms with van der Waals surface area (Å²) in [4.78, 5) is 9.89. The van der Waals surface area contributed by atoms with E-state index in [1.807, 2.05) is 0 Å². The van der Waals surface area contributed by atoms with Crippen LogP contribution >= 0.6 is 15.9 Å². The summed E-state index contributed by atoms with van der Waals surface area (Å²) in [6, 6.07) is 0. The Kier molecular flexibility index (Phi) is 4.69. The van der Waals surface area contributed by atoms with Gasteiger partial charge in [-0.3, -0.25) is 0 Å². The molecule has 0 radical (unpaired) electrons. The van der Waals surface area contributed by atoms with Gasteiger partial charge in [-0.2, -0.15) is 0 Å². The molecule has 0 bridgehead atoms. The van der Waals surface area contributed by atoms with E-state index in [1.165, 1.54) is 0 Å². The maximum absolute atomic E-state index is 10.3. The fourth-order valence-electron chi connectivity index (χ4n) is 0.389. The molecule has 1 unspecified atom stereocenters. The van der Waals surface area contributed by atoms with Crippen molar-refractivity contribution >= 4 is 20.8 Å². The first-order chi connectivity index (χ1) is 4.54. The minimum Gasteiger partial charge on any atom is -0.457 e. The lowest BCUT2D eigenvalue weighted by Crippen LogP contribution is -2.12. The molecule has 0 spiro atoms. The van der Waals surface area contributed by atoms with Gasteiger partial charge in [-0.1, -0.05) is 20.8 Å². The second-order valence-corrected chi connectivity index (χ2v) is 3.42. The normalized spacial score (nSPS) is 13.3. The van der Waals surface area contributed by atoms with Gasteiger partial charge in [0.2, 0.25) is 0 Å². The lowest BCUT2D eigenvalue weighted by Gasteiger charge is -2.13. The van der Waals surface area contributed by atoms with E-state index in [2.05, 4.69) is 36.7 Å². The van der Waals surface area contributed by atoms with E-state index < -0.39 is 0 Å². The highest BCUT2D eigenvalue weighted by Gasteiger charge is 2.08. The van der Waals surface area contributed by atoms with Gasteiger partial charge >= 0.3 is 4.88 Å². The summed E-state index contributed by atoms with van der Waals surface area (Å²) >= 11 is 2.69. The van der Waals surface area contributed by atoms with Gasteiger partial charge in [-0.25, -0.2) is 4.79 Å². The smallest absolute Gasteiger partial charge is 0.374 e. The molecule has 0 fully saturated rings. The SMILES string of the molecule is CC(C)C(C)COC(=O)Br. The van der Waals surface area contributed by atoms with Gasteiger partial charge in [0.1, 0.15) is 0 Å². The lowest BCUT2D eigenvalue weighted by atomic mass is 10.00. The summed E-state index contributed by atoms with van der Waals surface area (Å²) in [6.45, 7) is 6.77. The summed E-state index contributed by atoms with van der Waals surface area (Å²) in [5.74, 6) is 0.994. The molecule has 3 heteroatoms. The average molecular weight is 209 g/mol. The average Bonchev–Trinajstić information content (AvgIpc) is 1.82. The third kappa shape index (κ3) is 4.79. The van der Waals surface area contributed by atoms with E-state index in [0.717, 1.165) is 0 Å². The van der Waals surface area contributed by atoms with E-state index >= 15 is 0 Å². The van der Waals surface area contributed by atoms with Gasteiger partial charge < -0.3 is 4.74 Å². The van der Waals surface area contributed by atoms with Crippen LogP contribution in [0.25, 0.3) is 0 Å². The molecule has 2 nitrogen and oxygen atoms in total. The van der Waals surface area contributed by atoms with Gasteiger partial charge in [-0.15, -0.1) is 0 Å². The molecule has 0 heterocycles. The Hall–Kier alpha value is -0.0500. The van der Waals surface area contributed by atoms with Crippen molar-refractivity contribution in [2.24, 2.45) is 11.8 Å². The third-order valence-corrected chi connectivity index (χ3v) is 1.83. The maximum Gasteiger partial charge on any atom is 0.374 e. The van der Waals surface area contributed by atoms with Crippen molar-refractivity contribution in [3.05, 3.63) is 0 Å². The molecule has 0 aromatic rings. The van der Waals surface area contributed by atoms with Gasteiger partial charge in [0.25, 0.3) is 0 Å². The van der Waals surface area contributed by atoms with Crippen molar-refractivity contribution in [3.8, 4) is 0 Å². The number of halogens is 1. The second-order valence-electron chi connectivity index (χ2n) is 2.77. The van der Waals surface area contributed by atoms with Crippen LogP contribution in [0.2, 0.25) is 0 Å². The molecule has 0 N–H and O–H groups in total. The minimum atomic E-state index is -0.375. The number of rotatable bonds is 3. The van der Waals surface area contributed by atoms with E-state index in [0.29, 0.717) is 18.4 Å². The number of hydrogen-bond acceptors (Lipinski definition) is 2. The molecule has 0 rings (SSSR count). The quantitative estimate of drug-likeness (QED) is 0.668. The molecular weight excluding hydrogens is 196 g/mol. The summed E-state index contributed by atoms with van der Waals surface area (Å²) in [6.07, 6.45) is 0. The first-order valence-corrected chi connectivity index (χ1v) is 4.15. The van der Waals surface area contributed by atoms with E-state index in [4.69, 9.17) is 4.74 Å². The molecule has 60 valence electrons. The van der Waals surface area contributed by atoms with Crippen molar-refractivity contribution in [1.82, 2.24) is 0 Å². The molecule has 0 saturated carbocycles. The van der Waals surface area contributed by atoms with Crippen molar-refractivity contribution in [3.63, 3.8) is 0 Å². The third-order valence-electron chi connectivity index (χ3n) is 1.60. The highest BCUT2D eigenvalue weighted by molar-refractivity contribution is 9.18. The molecule has 10 heavy (non-hydrogen) atoms. The molecule has 0 aliphatic heterocycles. The zero-order valence-electron chi connectivity index (χ0n) is 6.56. The Balaban J connectivity index is 3.39. The monoisotopic (exact) mass is 208 g/mol. The fourth-order valence-corrected chi connectivity index (χ4v) is 0.522. The number of carbonyl (C=O) groups is 1. The summed E-state index contributed by atoms with van der Waals surface area (Å²) in [5.41, 5.74) is 0. The Morgan fingerprint density at radius 2 is 2.00 bits per heavy atom. The van der Waals surface area contributed by atoms with Crippen molar-refractivity contribution in [2.75, 3.05) is 6.61 Å². The van der Waals surface area contributed by atoms with Gasteiger partial charge in [0, 0.05) is 15.9 Å². The first-order valence-electron chi connectivity index (χ1n) is 3.36. The molecule has 0 saturated heterocycles. The Labute approximate surface area is 70.1 Å². The molecule has 0 aromatic carbocycles. The highest BCUT2D eigenvalue weighted by Crippen LogP contribution is 2.10. The lowest BCUT2D eigenvalue weighted by molar-refractivity contribution is 0.146. The largest absolute Gasteiger partial charge is 0.457 e. The second kappa shape index (κ2) is 4.72. The van der Waals surface area contributed by atoms with E-state index in [-0.39, 0.29) is 4.88 Å². The number of ether oxygens (including phenoxy) is 1. The molecular formula is C7H13BrO2. The topological polar surface area (TPSA) is 26.3 Å². The predicted octanol–water partition coefficient (Wildman–Crippen LogP) is 2.81. The van der Waals surface area contributed by atoms with Crippen molar-refractivity contribution in [1.29, 1.82) is 0 Å². The zero-order valence-corrected chi connectivity index (χ0v) is 8.14.